The molecule has 5 aromatic rings. The second kappa shape index (κ2) is 9.22. The third-order valence-corrected chi connectivity index (χ3v) is 9.29. The highest BCUT2D eigenvalue weighted by atomic mass is 31.2. The summed E-state index contributed by atoms with van der Waals surface area (Å²) in [4.78, 5) is 0. The van der Waals surface area contributed by atoms with E-state index in [0.29, 0.717) is 0 Å². The molecule has 0 saturated carbocycles. The van der Waals surface area contributed by atoms with Gasteiger partial charge in [-0.15, -0.1) is 0 Å². The lowest BCUT2D eigenvalue weighted by Crippen LogP contribution is -2.25. The van der Waals surface area contributed by atoms with Crippen LogP contribution in [0.2, 0.25) is 0 Å². The van der Waals surface area contributed by atoms with Gasteiger partial charge in [-0.25, -0.2) is 0 Å². The minimum absolute atomic E-state index is 1.02. The summed E-state index contributed by atoms with van der Waals surface area (Å²) in [7, 11) is -2.30. The van der Waals surface area contributed by atoms with Crippen LogP contribution in [0, 0.1) is 0 Å². The van der Waals surface area contributed by atoms with Crippen LogP contribution in [0.5, 0.6) is 0 Å². The fourth-order valence-corrected chi connectivity index (χ4v) is 7.69. The maximum absolute atomic E-state index is 5.69. The zero-order valence-electron chi connectivity index (χ0n) is 17.8. The Kier molecular flexibility index (Phi) is 5.83. The van der Waals surface area contributed by atoms with Crippen molar-refractivity contribution in [2.75, 3.05) is 0 Å². The van der Waals surface area contributed by atoms with Gasteiger partial charge in [0.25, 0.3) is 0 Å². The Balaban J connectivity index is 1.90. The van der Waals surface area contributed by atoms with Gasteiger partial charge in [0.1, 0.15) is 0 Å². The Morgan fingerprint density at radius 2 is 0.750 bits per heavy atom. The standard InChI is InChI=1S/C30H24NP/c1-5-15-25(16-6-1)29-23-13-14-24-30(29)31-32(26-17-7-2-8-18-26,27-19-9-3-10-20-27)28-21-11-4-12-22-28/h1-24H. The van der Waals surface area contributed by atoms with E-state index >= 15 is 0 Å². The first-order chi connectivity index (χ1) is 15.9. The molecular formula is C30H24NP. The van der Waals surface area contributed by atoms with E-state index in [1.165, 1.54) is 21.5 Å². The van der Waals surface area contributed by atoms with E-state index in [9.17, 15) is 0 Å². The molecular weight excluding hydrogens is 405 g/mol. The Bertz CT molecular complexity index is 1240. The predicted molar refractivity (Wildman–Crippen MR) is 139 cm³/mol. The van der Waals surface area contributed by atoms with E-state index < -0.39 is 7.05 Å². The molecule has 0 N–H and O–H groups in total. The van der Waals surface area contributed by atoms with Crippen LogP contribution < -0.4 is 15.9 Å². The molecule has 0 fully saturated rings. The van der Waals surface area contributed by atoms with E-state index in [1.54, 1.807) is 0 Å². The molecule has 0 bridgehead atoms. The third kappa shape index (κ3) is 3.84. The van der Waals surface area contributed by atoms with Gasteiger partial charge in [-0.3, -0.25) is 4.74 Å². The second-order valence-corrected chi connectivity index (χ2v) is 10.6. The molecule has 0 aliphatic heterocycles. The largest absolute Gasteiger partial charge is 0.253 e. The van der Waals surface area contributed by atoms with Gasteiger partial charge in [-0.1, -0.05) is 140 Å². The van der Waals surface area contributed by atoms with Gasteiger partial charge in [0, 0.05) is 21.5 Å². The highest BCUT2D eigenvalue weighted by Crippen LogP contribution is 2.50. The highest BCUT2D eigenvalue weighted by Gasteiger charge is 2.27. The smallest absolute Gasteiger partial charge is 0.0703 e. The SMILES string of the molecule is c1ccc(-c2ccccc2N=P(c2ccccc2)(c2ccccc2)c2ccccc2)cc1. The minimum Gasteiger partial charge on any atom is -0.253 e. The Hall–Kier alpha value is -3.67. The lowest BCUT2D eigenvalue weighted by molar-refractivity contribution is 1.52. The Morgan fingerprint density at radius 3 is 1.22 bits per heavy atom. The summed E-state index contributed by atoms with van der Waals surface area (Å²) in [5.41, 5.74) is 3.35. The van der Waals surface area contributed by atoms with Crippen molar-refractivity contribution in [3.05, 3.63) is 146 Å². The van der Waals surface area contributed by atoms with E-state index in [0.717, 1.165) is 11.3 Å². The molecule has 154 valence electrons. The lowest BCUT2D eigenvalue weighted by Gasteiger charge is -2.27. The molecule has 0 aromatic heterocycles. The van der Waals surface area contributed by atoms with Crippen LogP contribution >= 0.6 is 7.05 Å². The molecule has 0 saturated heterocycles. The number of benzene rings is 5. The van der Waals surface area contributed by atoms with E-state index in [2.05, 4.69) is 146 Å². The normalized spacial score (nSPS) is 11.1. The van der Waals surface area contributed by atoms with Gasteiger partial charge >= 0.3 is 0 Å². The van der Waals surface area contributed by atoms with Gasteiger partial charge in [-0.05, 0) is 11.6 Å². The molecule has 0 spiro atoms. The first-order valence-corrected chi connectivity index (χ1v) is 12.6. The highest BCUT2D eigenvalue weighted by molar-refractivity contribution is 7.87. The van der Waals surface area contributed by atoms with Crippen molar-refractivity contribution in [2.45, 2.75) is 0 Å². The summed E-state index contributed by atoms with van der Waals surface area (Å²) < 4.78 is 5.69. The number of rotatable bonds is 5. The zero-order valence-corrected chi connectivity index (χ0v) is 18.6. The molecule has 32 heavy (non-hydrogen) atoms. The maximum Gasteiger partial charge on any atom is 0.0703 e. The predicted octanol–water partition coefficient (Wildman–Crippen LogP) is 7.16. The van der Waals surface area contributed by atoms with E-state index in [4.69, 9.17) is 4.74 Å². The van der Waals surface area contributed by atoms with Crippen molar-refractivity contribution < 1.29 is 0 Å². The van der Waals surface area contributed by atoms with Crippen LogP contribution in [-0.2, 0) is 0 Å². The van der Waals surface area contributed by atoms with Crippen LogP contribution in [0.1, 0.15) is 0 Å². The minimum atomic E-state index is -2.30. The number of hydrogen-bond donors (Lipinski definition) is 0. The molecule has 0 heterocycles. The number of nitrogens with zero attached hydrogens (tertiary/aromatic N) is 1. The molecule has 5 aromatic carbocycles. The molecule has 2 heteroatoms. The monoisotopic (exact) mass is 429 g/mol. The van der Waals surface area contributed by atoms with Crippen LogP contribution in [-0.4, -0.2) is 0 Å². The van der Waals surface area contributed by atoms with Crippen molar-refractivity contribution in [2.24, 2.45) is 4.74 Å². The summed E-state index contributed by atoms with van der Waals surface area (Å²) in [6.45, 7) is 0. The van der Waals surface area contributed by atoms with Crippen molar-refractivity contribution in [1.29, 1.82) is 0 Å². The topological polar surface area (TPSA) is 12.4 Å². The van der Waals surface area contributed by atoms with Crippen molar-refractivity contribution in [3.8, 4) is 11.1 Å². The summed E-state index contributed by atoms with van der Waals surface area (Å²) in [5.74, 6) is 0. The molecule has 0 aliphatic rings. The first-order valence-electron chi connectivity index (χ1n) is 10.8. The second-order valence-electron chi connectivity index (χ2n) is 7.63. The zero-order chi connectivity index (χ0) is 21.6. The van der Waals surface area contributed by atoms with Crippen LogP contribution in [0.15, 0.2) is 150 Å². The molecule has 0 aliphatic carbocycles. The molecule has 0 unspecified atom stereocenters. The fraction of sp³-hybridized carbons (Fsp3) is 0. The summed E-state index contributed by atoms with van der Waals surface area (Å²) in [6, 6.07) is 51.3. The van der Waals surface area contributed by atoms with Crippen LogP contribution in [0.25, 0.3) is 11.1 Å². The van der Waals surface area contributed by atoms with Gasteiger partial charge in [0.15, 0.2) is 0 Å². The van der Waals surface area contributed by atoms with E-state index in [1.807, 2.05) is 0 Å². The first kappa shape index (κ1) is 20.2. The van der Waals surface area contributed by atoms with Crippen molar-refractivity contribution >= 4 is 28.7 Å². The average Bonchev–Trinajstić information content (AvgIpc) is 2.89. The maximum atomic E-state index is 5.69. The third-order valence-electron chi connectivity index (χ3n) is 5.64. The summed E-state index contributed by atoms with van der Waals surface area (Å²) in [6.07, 6.45) is 0. The molecule has 5 rings (SSSR count). The van der Waals surface area contributed by atoms with Crippen molar-refractivity contribution in [3.63, 3.8) is 0 Å². The van der Waals surface area contributed by atoms with Crippen LogP contribution in [0.4, 0.5) is 5.69 Å². The molecule has 0 amide bonds. The quantitative estimate of drug-likeness (QED) is 0.263. The van der Waals surface area contributed by atoms with Gasteiger partial charge < -0.3 is 0 Å². The fourth-order valence-electron chi connectivity index (χ4n) is 4.14. The number of hydrogen-bond acceptors (Lipinski definition) is 1. The molecule has 0 atom stereocenters. The van der Waals surface area contributed by atoms with E-state index in [-0.39, 0.29) is 0 Å². The van der Waals surface area contributed by atoms with Gasteiger partial charge in [0.2, 0.25) is 0 Å². The summed E-state index contributed by atoms with van der Waals surface area (Å²) >= 11 is 0. The average molecular weight is 430 g/mol. The van der Waals surface area contributed by atoms with Crippen molar-refractivity contribution in [1.82, 2.24) is 0 Å². The van der Waals surface area contributed by atoms with Gasteiger partial charge in [0.05, 0.1) is 12.7 Å². The van der Waals surface area contributed by atoms with Crippen LogP contribution in [0.3, 0.4) is 0 Å². The molecule has 0 radical (unpaired) electrons. The lowest BCUT2D eigenvalue weighted by atomic mass is 10.0. The Labute approximate surface area is 190 Å². The molecule has 1 nitrogen and oxygen atoms in total. The van der Waals surface area contributed by atoms with Gasteiger partial charge in [-0.2, -0.15) is 0 Å². The Morgan fingerprint density at radius 1 is 0.375 bits per heavy atom. The summed E-state index contributed by atoms with van der Waals surface area (Å²) in [5, 5.41) is 3.75.